The van der Waals surface area contributed by atoms with Crippen molar-refractivity contribution >= 4 is 48.3 Å². The Morgan fingerprint density at radius 1 is 1.14 bits per heavy atom. The lowest BCUT2D eigenvalue weighted by Crippen LogP contribution is -2.26. The molecule has 2 N–H and O–H groups in total. The van der Waals surface area contributed by atoms with Gasteiger partial charge in [0.05, 0.1) is 16.2 Å². The Hall–Kier alpha value is -1.29. The number of carbonyl (C=O) groups is 1. The van der Waals surface area contributed by atoms with Crippen LogP contribution in [0.2, 0.25) is 0 Å². The molecule has 1 fully saturated rings. The van der Waals surface area contributed by atoms with E-state index in [-0.39, 0.29) is 22.4 Å². The Bertz CT molecular complexity index is 974. The van der Waals surface area contributed by atoms with Crippen LogP contribution in [0, 0.1) is 0 Å². The molecule has 28 heavy (non-hydrogen) atoms. The molecule has 4 rings (SSSR count). The summed E-state index contributed by atoms with van der Waals surface area (Å²) < 4.78 is 28.1. The van der Waals surface area contributed by atoms with E-state index in [1.165, 1.54) is 41.2 Å². The molecule has 1 amide bonds. The maximum atomic E-state index is 12.8. The lowest BCUT2D eigenvalue weighted by Gasteiger charge is -2.09. The van der Waals surface area contributed by atoms with E-state index in [1.807, 2.05) is 0 Å². The van der Waals surface area contributed by atoms with Crippen LogP contribution in [0.15, 0.2) is 27.6 Å². The van der Waals surface area contributed by atoms with Gasteiger partial charge in [-0.1, -0.05) is 12.8 Å². The van der Waals surface area contributed by atoms with Crippen LogP contribution in [0.4, 0.5) is 5.13 Å². The Balaban J connectivity index is 1.54. The third-order valence-electron chi connectivity index (χ3n) is 4.96. The average molecular weight is 484 g/mol. The summed E-state index contributed by atoms with van der Waals surface area (Å²) in [6.07, 6.45) is 8.42. The van der Waals surface area contributed by atoms with Crippen LogP contribution in [0.3, 0.4) is 0 Å². The Morgan fingerprint density at radius 3 is 2.64 bits per heavy atom. The van der Waals surface area contributed by atoms with Gasteiger partial charge in [0.15, 0.2) is 5.13 Å². The number of anilines is 1. The predicted molar refractivity (Wildman–Crippen MR) is 113 cm³/mol. The van der Waals surface area contributed by atoms with Gasteiger partial charge in [-0.05, 0) is 72.7 Å². The summed E-state index contributed by atoms with van der Waals surface area (Å²) in [6.45, 7) is 0. The highest BCUT2D eigenvalue weighted by Gasteiger charge is 2.28. The first-order valence-electron chi connectivity index (χ1n) is 9.54. The van der Waals surface area contributed by atoms with Gasteiger partial charge >= 0.3 is 0 Å². The highest BCUT2D eigenvalue weighted by Crippen LogP contribution is 2.30. The number of aromatic nitrogens is 1. The Labute approximate surface area is 177 Å². The number of benzene rings is 1. The molecule has 2 aromatic rings. The zero-order valence-corrected chi connectivity index (χ0v) is 18.6. The molecule has 0 unspecified atom stereocenters. The molecule has 0 bridgehead atoms. The second-order valence-electron chi connectivity index (χ2n) is 7.29. The topological polar surface area (TPSA) is 88.2 Å². The van der Waals surface area contributed by atoms with E-state index < -0.39 is 10.0 Å². The smallest absolute Gasteiger partial charge is 0.258 e. The molecule has 6 nitrogen and oxygen atoms in total. The van der Waals surface area contributed by atoms with E-state index in [0.29, 0.717) is 9.60 Å². The molecule has 0 aliphatic heterocycles. The molecular formula is C19H22BrN3O3S2. The van der Waals surface area contributed by atoms with Gasteiger partial charge in [0, 0.05) is 15.4 Å². The predicted octanol–water partition coefficient (Wildman–Crippen LogP) is 4.26. The average Bonchev–Trinajstić information content (AvgIpc) is 3.36. The summed E-state index contributed by atoms with van der Waals surface area (Å²) in [6, 6.07) is 4.52. The molecule has 1 aromatic heterocycles. The van der Waals surface area contributed by atoms with Crippen LogP contribution >= 0.6 is 27.3 Å². The third kappa shape index (κ3) is 4.64. The second kappa shape index (κ2) is 8.22. The number of fused-ring (bicyclic) bond motifs is 1. The van der Waals surface area contributed by atoms with Gasteiger partial charge in [-0.15, -0.1) is 11.3 Å². The van der Waals surface area contributed by atoms with Gasteiger partial charge < -0.3 is 0 Å². The van der Waals surface area contributed by atoms with Crippen molar-refractivity contribution in [1.82, 2.24) is 9.71 Å². The first-order valence-corrected chi connectivity index (χ1v) is 12.6. The van der Waals surface area contributed by atoms with Crippen molar-refractivity contribution in [3.63, 3.8) is 0 Å². The quantitative estimate of drug-likeness (QED) is 0.664. The number of carbonyl (C=O) groups excluding carboxylic acids is 1. The van der Waals surface area contributed by atoms with Crippen molar-refractivity contribution in [3.05, 3.63) is 38.8 Å². The maximum Gasteiger partial charge on any atom is 0.258 e. The monoisotopic (exact) mass is 483 g/mol. The van der Waals surface area contributed by atoms with Crippen LogP contribution < -0.4 is 10.0 Å². The Kier molecular flexibility index (Phi) is 5.87. The fraction of sp³-hybridized carbons (Fsp3) is 0.474. The fourth-order valence-corrected chi connectivity index (χ4v) is 6.06. The SMILES string of the molecule is O=C(Nc1nc2c(s1)CCCCCC2)c1cc(S(=O)(=O)NC2CC2)ccc1Br. The number of thiazole rings is 1. The number of amides is 1. The van der Waals surface area contributed by atoms with Crippen molar-refractivity contribution < 1.29 is 13.2 Å². The molecule has 2 aliphatic carbocycles. The molecule has 1 heterocycles. The number of hydrogen-bond donors (Lipinski definition) is 2. The summed E-state index contributed by atoms with van der Waals surface area (Å²) >= 11 is 4.88. The maximum absolute atomic E-state index is 12.8. The number of rotatable bonds is 5. The summed E-state index contributed by atoms with van der Waals surface area (Å²) in [5.74, 6) is -0.364. The van der Waals surface area contributed by atoms with E-state index >= 15 is 0 Å². The van der Waals surface area contributed by atoms with Crippen LogP contribution in [0.25, 0.3) is 0 Å². The zero-order chi connectivity index (χ0) is 19.7. The molecule has 0 radical (unpaired) electrons. The lowest BCUT2D eigenvalue weighted by atomic mass is 10.0. The molecule has 0 spiro atoms. The van der Waals surface area contributed by atoms with Crippen LogP contribution in [0.5, 0.6) is 0 Å². The first kappa shape index (κ1) is 20.0. The van der Waals surface area contributed by atoms with Gasteiger partial charge in [-0.3, -0.25) is 10.1 Å². The zero-order valence-electron chi connectivity index (χ0n) is 15.3. The van der Waals surface area contributed by atoms with E-state index in [9.17, 15) is 13.2 Å². The van der Waals surface area contributed by atoms with E-state index in [0.717, 1.165) is 44.2 Å². The number of nitrogens with zero attached hydrogens (tertiary/aromatic N) is 1. The number of halogens is 1. The molecule has 1 saturated carbocycles. The molecular weight excluding hydrogens is 462 g/mol. The fourth-order valence-electron chi connectivity index (χ4n) is 3.26. The highest BCUT2D eigenvalue weighted by molar-refractivity contribution is 9.10. The van der Waals surface area contributed by atoms with Crippen LogP contribution in [0.1, 0.15) is 59.5 Å². The Morgan fingerprint density at radius 2 is 1.89 bits per heavy atom. The summed E-state index contributed by atoms with van der Waals surface area (Å²) in [5.41, 5.74) is 1.37. The van der Waals surface area contributed by atoms with E-state index in [1.54, 1.807) is 6.07 Å². The van der Waals surface area contributed by atoms with Crippen LogP contribution in [-0.4, -0.2) is 25.4 Å². The number of sulfonamides is 1. The van der Waals surface area contributed by atoms with Crippen molar-refractivity contribution in [2.24, 2.45) is 0 Å². The normalized spacial score (nSPS) is 17.5. The van der Waals surface area contributed by atoms with Crippen molar-refractivity contribution in [1.29, 1.82) is 0 Å². The summed E-state index contributed by atoms with van der Waals surface area (Å²) in [7, 11) is -3.62. The van der Waals surface area contributed by atoms with Gasteiger partial charge in [0.2, 0.25) is 10.0 Å². The minimum atomic E-state index is -3.62. The van der Waals surface area contributed by atoms with Crippen molar-refractivity contribution in [3.8, 4) is 0 Å². The van der Waals surface area contributed by atoms with Gasteiger partial charge in [-0.25, -0.2) is 18.1 Å². The number of hydrogen-bond acceptors (Lipinski definition) is 5. The molecule has 0 atom stereocenters. The van der Waals surface area contributed by atoms with Gasteiger partial charge in [0.1, 0.15) is 0 Å². The lowest BCUT2D eigenvalue weighted by molar-refractivity contribution is 0.102. The number of nitrogens with one attached hydrogen (secondary N) is 2. The highest BCUT2D eigenvalue weighted by atomic mass is 79.9. The van der Waals surface area contributed by atoms with E-state index in [4.69, 9.17) is 0 Å². The largest absolute Gasteiger partial charge is 0.298 e. The molecule has 0 saturated heterocycles. The molecule has 2 aliphatic rings. The summed E-state index contributed by atoms with van der Waals surface area (Å²) in [5, 5.41) is 3.43. The van der Waals surface area contributed by atoms with Gasteiger partial charge in [-0.2, -0.15) is 0 Å². The summed E-state index contributed by atoms with van der Waals surface area (Å²) in [4.78, 5) is 18.8. The minimum absolute atomic E-state index is 0.0146. The third-order valence-corrected chi connectivity index (χ3v) is 8.24. The first-order chi connectivity index (χ1) is 13.4. The second-order valence-corrected chi connectivity index (χ2v) is 10.9. The molecule has 9 heteroatoms. The molecule has 1 aromatic carbocycles. The van der Waals surface area contributed by atoms with Crippen molar-refractivity contribution in [2.45, 2.75) is 62.3 Å². The molecule has 150 valence electrons. The van der Waals surface area contributed by atoms with Crippen molar-refractivity contribution in [2.75, 3.05) is 5.32 Å². The standard InChI is InChI=1S/C19H22BrN3O3S2/c20-15-10-9-13(28(25,26)23-12-7-8-12)11-14(15)18(24)22-19-21-16-5-3-1-2-4-6-17(16)27-19/h9-12,23H,1-8H2,(H,21,22,24). The number of aryl methyl sites for hydroxylation is 2. The minimum Gasteiger partial charge on any atom is -0.298 e. The van der Waals surface area contributed by atoms with Crippen LogP contribution in [-0.2, 0) is 22.9 Å². The van der Waals surface area contributed by atoms with E-state index in [2.05, 4.69) is 31.0 Å². The van der Waals surface area contributed by atoms with Gasteiger partial charge in [0.25, 0.3) is 5.91 Å².